The first kappa shape index (κ1) is 33.1. The van der Waals surface area contributed by atoms with E-state index in [2.05, 4.69) is 27.5 Å². The smallest absolute Gasteiger partial charge is 0.406 e. The van der Waals surface area contributed by atoms with Crippen LogP contribution in [0, 0.1) is 11.8 Å². The summed E-state index contributed by atoms with van der Waals surface area (Å²) >= 11 is 0. The Morgan fingerprint density at radius 1 is 1.23 bits per heavy atom. The van der Waals surface area contributed by atoms with Gasteiger partial charge < -0.3 is 35.1 Å². The maximum Gasteiger partial charge on any atom is 0.406 e. The van der Waals surface area contributed by atoms with Crippen LogP contribution in [-0.4, -0.2) is 103 Å². The molecule has 0 aliphatic carbocycles. The van der Waals surface area contributed by atoms with Crippen molar-refractivity contribution in [1.82, 2.24) is 19.8 Å². The number of fused-ring (bicyclic) bond motifs is 1. The maximum absolute atomic E-state index is 13.4. The first-order valence-electron chi connectivity index (χ1n) is 13.8. The second-order valence-electron chi connectivity index (χ2n) is 10.6. The number of aromatic nitrogens is 2. The molecule has 3 aromatic rings. The molecule has 4 N–H and O–H groups in total. The number of carbonyl (C=O) groups is 1. The van der Waals surface area contributed by atoms with Crippen molar-refractivity contribution >= 4 is 32.5 Å². The molecule has 15 heteroatoms. The number of hydrogen-bond acceptors (Lipinski definition) is 9. The van der Waals surface area contributed by atoms with Crippen LogP contribution in [0.5, 0.6) is 5.75 Å². The Hall–Kier alpha value is -3.84. The van der Waals surface area contributed by atoms with Crippen LogP contribution in [0.15, 0.2) is 41.6 Å². The van der Waals surface area contributed by atoms with E-state index in [9.17, 15) is 31.5 Å². The number of carbonyl (C=O) groups excluding carboxylic acids is 1. The molecule has 0 spiro atoms. The summed E-state index contributed by atoms with van der Waals surface area (Å²) in [5.41, 5.74) is 0.976. The van der Waals surface area contributed by atoms with E-state index in [-0.39, 0.29) is 46.2 Å². The predicted octanol–water partition coefficient (Wildman–Crippen LogP) is 2.02. The first-order chi connectivity index (χ1) is 20.8. The van der Waals surface area contributed by atoms with Crippen LogP contribution >= 0.6 is 0 Å². The van der Waals surface area contributed by atoms with Crippen molar-refractivity contribution < 1.29 is 41.3 Å². The molecule has 1 saturated heterocycles. The van der Waals surface area contributed by atoms with E-state index in [1.54, 1.807) is 0 Å². The number of nitrogens with zero attached hydrogens (tertiary/aromatic N) is 3. The Bertz CT molecular complexity index is 1660. The topological polar surface area (TPSA) is 146 Å². The fourth-order valence-electron chi connectivity index (χ4n) is 4.95. The minimum Gasteiger partial charge on any atom is -0.495 e. The number of imidazole rings is 1. The van der Waals surface area contributed by atoms with E-state index >= 15 is 0 Å². The molecule has 0 radical (unpaired) electrons. The number of methoxy groups -OCH3 is 1. The van der Waals surface area contributed by atoms with E-state index in [1.165, 1.54) is 37.4 Å². The Morgan fingerprint density at radius 2 is 1.95 bits per heavy atom. The van der Waals surface area contributed by atoms with Gasteiger partial charge in [0, 0.05) is 37.5 Å². The number of benzene rings is 2. The fraction of sp³-hybridized carbons (Fsp3) is 0.448. The molecule has 1 aromatic heterocycles. The first-order valence-corrected chi connectivity index (χ1v) is 15.6. The number of rotatable bonds is 10. The van der Waals surface area contributed by atoms with Gasteiger partial charge in [0.25, 0.3) is 5.91 Å². The molecule has 1 atom stereocenters. The van der Waals surface area contributed by atoms with E-state index < -0.39 is 34.6 Å². The van der Waals surface area contributed by atoms with Gasteiger partial charge in [-0.2, -0.15) is 13.2 Å². The molecule has 1 unspecified atom stereocenters. The number of β-amino-alcohol motifs (C(OH)–C–C–N with tert-alkyl or cyclic N) is 1. The van der Waals surface area contributed by atoms with Gasteiger partial charge in [-0.15, -0.1) is 0 Å². The normalized spacial score (nSPS) is 15.4. The summed E-state index contributed by atoms with van der Waals surface area (Å²) in [6, 6.07) is 7.06. The van der Waals surface area contributed by atoms with Crippen molar-refractivity contribution in [3.63, 3.8) is 0 Å². The van der Waals surface area contributed by atoms with Crippen LogP contribution < -0.4 is 15.4 Å². The van der Waals surface area contributed by atoms with Crippen LogP contribution in [0.1, 0.15) is 28.8 Å². The number of nitrogens with one attached hydrogen (secondary N) is 2. The van der Waals surface area contributed by atoms with Crippen molar-refractivity contribution in [3.05, 3.63) is 47.8 Å². The second kappa shape index (κ2) is 13.9. The number of aliphatic hydroxyl groups excluding tert-OH is 2. The third-order valence-corrected chi connectivity index (χ3v) is 8.23. The molecule has 4 rings (SSSR count). The number of aliphatic hydroxyl groups is 2. The zero-order valence-corrected chi connectivity index (χ0v) is 25.0. The van der Waals surface area contributed by atoms with Gasteiger partial charge in [0.1, 0.15) is 17.8 Å². The average Bonchev–Trinajstić information content (AvgIpc) is 3.36. The van der Waals surface area contributed by atoms with Crippen LogP contribution in [0.3, 0.4) is 0 Å². The zero-order valence-electron chi connectivity index (χ0n) is 24.2. The third-order valence-electron chi connectivity index (χ3n) is 7.12. The van der Waals surface area contributed by atoms with Crippen molar-refractivity contribution in [1.29, 1.82) is 0 Å². The number of sulfone groups is 1. The zero-order chi connectivity index (χ0) is 32.1. The number of likely N-dealkylation sites (tertiary alicyclic amines) is 1. The Balaban J connectivity index is 1.56. The minimum atomic E-state index is -4.52. The van der Waals surface area contributed by atoms with Crippen LogP contribution in [0.2, 0.25) is 0 Å². The lowest BCUT2D eigenvalue weighted by atomic mass is 10.0. The third kappa shape index (κ3) is 8.63. The lowest BCUT2D eigenvalue weighted by Gasteiger charge is -2.33. The summed E-state index contributed by atoms with van der Waals surface area (Å²) in [6.45, 7) is -0.0956. The van der Waals surface area contributed by atoms with E-state index in [1.807, 2.05) is 4.90 Å². The quantitative estimate of drug-likeness (QED) is 0.245. The molecule has 0 saturated carbocycles. The Labute approximate surface area is 252 Å². The molecule has 238 valence electrons. The number of hydrogen-bond donors (Lipinski definition) is 4. The van der Waals surface area contributed by atoms with Gasteiger partial charge in [-0.1, -0.05) is 11.8 Å². The predicted molar refractivity (Wildman–Crippen MR) is 157 cm³/mol. The number of amides is 1. The summed E-state index contributed by atoms with van der Waals surface area (Å²) in [6.07, 6.45) is -2.06. The van der Waals surface area contributed by atoms with Gasteiger partial charge in [0.2, 0.25) is 0 Å². The van der Waals surface area contributed by atoms with Gasteiger partial charge in [0.05, 0.1) is 54.4 Å². The molecule has 1 aliphatic heterocycles. The van der Waals surface area contributed by atoms with E-state index in [0.29, 0.717) is 43.9 Å². The maximum atomic E-state index is 13.4. The van der Waals surface area contributed by atoms with Crippen LogP contribution in [-0.2, 0) is 16.4 Å². The summed E-state index contributed by atoms with van der Waals surface area (Å²) in [5, 5.41) is 24.7. The SMILES string of the molecule is COc1ccc(S(C)(=O)=O)cc1NCC#Cc1cc(C(=O)NC2CCN(CC(O)CO)CC2)c2ncn(CC(F)(F)F)c2c1. The molecule has 1 fully saturated rings. The second-order valence-corrected chi connectivity index (χ2v) is 12.6. The lowest BCUT2D eigenvalue weighted by molar-refractivity contribution is -0.139. The molecule has 2 aromatic carbocycles. The standard InChI is InChI=1S/C29H34F3N5O6S/c1-43-26-6-5-22(44(2,41)42)14-24(26)33-9-3-4-19-12-23(27-25(13-19)37(18-34-27)17-29(30,31)32)28(40)35-20-7-10-36(11-8-20)15-21(39)16-38/h5-6,12-14,18,20-21,33,38-39H,7-11,15-17H2,1-2H3,(H,35,40). The summed E-state index contributed by atoms with van der Waals surface area (Å²) in [4.78, 5) is 19.6. The molecule has 2 heterocycles. The highest BCUT2D eigenvalue weighted by atomic mass is 32.2. The molecular weight excluding hydrogens is 603 g/mol. The molecule has 0 bridgehead atoms. The van der Waals surface area contributed by atoms with E-state index in [0.717, 1.165) is 17.2 Å². The van der Waals surface area contributed by atoms with Crippen molar-refractivity contribution in [3.8, 4) is 17.6 Å². The van der Waals surface area contributed by atoms with E-state index in [4.69, 9.17) is 9.84 Å². The Kier molecular flexibility index (Phi) is 10.4. The van der Waals surface area contributed by atoms with Crippen molar-refractivity contribution in [2.45, 2.75) is 42.6 Å². The lowest BCUT2D eigenvalue weighted by Crippen LogP contribution is -2.46. The summed E-state index contributed by atoms with van der Waals surface area (Å²) in [5.74, 6) is 5.64. The number of piperidine rings is 1. The molecule has 44 heavy (non-hydrogen) atoms. The molecule has 1 aliphatic rings. The highest BCUT2D eigenvalue weighted by molar-refractivity contribution is 7.90. The molecule has 11 nitrogen and oxygen atoms in total. The van der Waals surface area contributed by atoms with Crippen molar-refractivity contribution in [2.24, 2.45) is 0 Å². The average molecular weight is 638 g/mol. The van der Waals surface area contributed by atoms with Crippen LogP contribution in [0.4, 0.5) is 18.9 Å². The number of ether oxygens (including phenoxy) is 1. The summed E-state index contributed by atoms with van der Waals surface area (Å²) in [7, 11) is -2.03. The monoisotopic (exact) mass is 637 g/mol. The minimum absolute atomic E-state index is 0.0362. The number of alkyl halides is 3. The largest absolute Gasteiger partial charge is 0.495 e. The Morgan fingerprint density at radius 3 is 2.59 bits per heavy atom. The molecule has 1 amide bonds. The van der Waals surface area contributed by atoms with Gasteiger partial charge in [-0.25, -0.2) is 13.4 Å². The number of halogens is 3. The van der Waals surface area contributed by atoms with Gasteiger partial charge >= 0.3 is 6.18 Å². The van der Waals surface area contributed by atoms with Gasteiger partial charge in [0.15, 0.2) is 9.84 Å². The highest BCUT2D eigenvalue weighted by Crippen LogP contribution is 2.28. The summed E-state index contributed by atoms with van der Waals surface area (Å²) < 4.78 is 69.9. The highest BCUT2D eigenvalue weighted by Gasteiger charge is 2.30. The van der Waals surface area contributed by atoms with Crippen molar-refractivity contribution in [2.75, 3.05) is 51.5 Å². The number of anilines is 1. The van der Waals surface area contributed by atoms with Gasteiger partial charge in [-0.3, -0.25) is 4.79 Å². The van der Waals surface area contributed by atoms with Gasteiger partial charge in [-0.05, 0) is 43.2 Å². The van der Waals surface area contributed by atoms with Crippen LogP contribution in [0.25, 0.3) is 11.0 Å². The molecular formula is C29H34F3N5O6S. The fourth-order valence-corrected chi connectivity index (χ4v) is 5.60.